The quantitative estimate of drug-likeness (QED) is 0.379. The zero-order valence-electron chi connectivity index (χ0n) is 15.9. The molecule has 0 amide bonds. The van der Waals surface area contributed by atoms with Crippen molar-refractivity contribution >= 4 is 17.3 Å². The summed E-state index contributed by atoms with van der Waals surface area (Å²) in [5.74, 6) is 1.47. The van der Waals surface area contributed by atoms with Gasteiger partial charge in [0.25, 0.3) is 0 Å². The summed E-state index contributed by atoms with van der Waals surface area (Å²) in [6, 6.07) is 3.93. The highest BCUT2D eigenvalue weighted by atomic mass is 32.1. The molecule has 0 fully saturated rings. The van der Waals surface area contributed by atoms with Crippen LogP contribution >= 0.6 is 11.3 Å². The number of hydrogen-bond donors (Lipinski definition) is 2. The molecule has 26 heavy (non-hydrogen) atoms. The average Bonchev–Trinajstić information content (AvgIpc) is 3.06. The maximum absolute atomic E-state index is 5.78. The number of pyridine rings is 1. The van der Waals surface area contributed by atoms with Crippen molar-refractivity contribution in [2.24, 2.45) is 4.99 Å². The number of thiazole rings is 1. The smallest absolute Gasteiger partial charge is 0.218 e. The van der Waals surface area contributed by atoms with E-state index in [0.29, 0.717) is 19.0 Å². The third-order valence-corrected chi connectivity index (χ3v) is 4.61. The van der Waals surface area contributed by atoms with Gasteiger partial charge in [0.2, 0.25) is 5.88 Å². The van der Waals surface area contributed by atoms with E-state index in [4.69, 9.17) is 4.74 Å². The van der Waals surface area contributed by atoms with Gasteiger partial charge < -0.3 is 15.4 Å². The van der Waals surface area contributed by atoms with Gasteiger partial charge in [-0.2, -0.15) is 0 Å². The van der Waals surface area contributed by atoms with Gasteiger partial charge in [0.1, 0.15) is 0 Å². The molecule has 0 aromatic carbocycles. The van der Waals surface area contributed by atoms with Crippen LogP contribution in [0.3, 0.4) is 0 Å². The molecule has 2 aromatic rings. The number of rotatable bonds is 10. The van der Waals surface area contributed by atoms with Crippen LogP contribution in [0, 0.1) is 6.92 Å². The maximum Gasteiger partial charge on any atom is 0.218 e. The molecule has 2 rings (SSSR count). The van der Waals surface area contributed by atoms with Crippen LogP contribution in [0.25, 0.3) is 0 Å². The van der Waals surface area contributed by atoms with Crippen LogP contribution in [0.2, 0.25) is 0 Å². The SMILES string of the molecule is CCCCOc1ncccc1CN=C(NCC)NCCc1ncc(C)s1. The maximum atomic E-state index is 5.78. The van der Waals surface area contributed by atoms with Crippen molar-refractivity contribution in [3.8, 4) is 5.88 Å². The lowest BCUT2D eigenvalue weighted by Crippen LogP contribution is -2.38. The second-order valence-electron chi connectivity index (χ2n) is 5.91. The Balaban J connectivity index is 1.91. The molecule has 0 aliphatic carbocycles. The molecule has 2 aromatic heterocycles. The molecule has 2 heterocycles. The standard InChI is InChI=1S/C19H29N5OS/c1-4-6-12-25-18-16(8-7-10-21-18)14-24-19(20-5-2)22-11-9-17-23-13-15(3)26-17/h7-8,10,13H,4-6,9,11-12,14H2,1-3H3,(H2,20,22,24). The van der Waals surface area contributed by atoms with Gasteiger partial charge in [0, 0.05) is 42.3 Å². The third kappa shape index (κ3) is 7.00. The van der Waals surface area contributed by atoms with Crippen LogP contribution in [0.5, 0.6) is 5.88 Å². The second-order valence-corrected chi connectivity index (χ2v) is 7.23. The molecule has 0 saturated carbocycles. The summed E-state index contributed by atoms with van der Waals surface area (Å²) in [5.41, 5.74) is 0.997. The Hall–Kier alpha value is -2.15. The Labute approximate surface area is 160 Å². The molecule has 142 valence electrons. The van der Waals surface area contributed by atoms with E-state index in [9.17, 15) is 0 Å². The molecular formula is C19H29N5OS. The Morgan fingerprint density at radius 3 is 2.88 bits per heavy atom. The zero-order chi connectivity index (χ0) is 18.6. The highest BCUT2D eigenvalue weighted by Gasteiger charge is 2.05. The van der Waals surface area contributed by atoms with E-state index in [2.05, 4.69) is 46.4 Å². The first-order valence-electron chi connectivity index (χ1n) is 9.23. The summed E-state index contributed by atoms with van der Waals surface area (Å²) in [6.07, 6.45) is 6.70. The minimum Gasteiger partial charge on any atom is -0.477 e. The predicted octanol–water partition coefficient (Wildman–Crippen LogP) is 3.32. The minimum atomic E-state index is 0.529. The number of hydrogen-bond acceptors (Lipinski definition) is 5. The highest BCUT2D eigenvalue weighted by molar-refractivity contribution is 7.11. The van der Waals surface area contributed by atoms with Gasteiger partial charge in [-0.3, -0.25) is 0 Å². The van der Waals surface area contributed by atoms with Crippen LogP contribution in [0.1, 0.15) is 42.1 Å². The van der Waals surface area contributed by atoms with Crippen molar-refractivity contribution < 1.29 is 4.74 Å². The molecule has 0 saturated heterocycles. The lowest BCUT2D eigenvalue weighted by molar-refractivity contribution is 0.294. The van der Waals surface area contributed by atoms with Gasteiger partial charge in [0.05, 0.1) is 18.2 Å². The molecule has 0 radical (unpaired) electrons. The Morgan fingerprint density at radius 2 is 2.15 bits per heavy atom. The van der Waals surface area contributed by atoms with Crippen LogP contribution in [-0.2, 0) is 13.0 Å². The van der Waals surface area contributed by atoms with Gasteiger partial charge in [0.15, 0.2) is 5.96 Å². The topological polar surface area (TPSA) is 71.4 Å². The lowest BCUT2D eigenvalue weighted by Gasteiger charge is -2.12. The van der Waals surface area contributed by atoms with E-state index in [1.54, 1.807) is 17.5 Å². The number of guanidine groups is 1. The molecule has 0 atom stereocenters. The Kier molecular flexibility index (Phi) is 8.89. The number of nitrogens with zero attached hydrogens (tertiary/aromatic N) is 3. The van der Waals surface area contributed by atoms with E-state index < -0.39 is 0 Å². The van der Waals surface area contributed by atoms with E-state index in [-0.39, 0.29) is 0 Å². The average molecular weight is 376 g/mol. The van der Waals surface area contributed by atoms with E-state index >= 15 is 0 Å². The summed E-state index contributed by atoms with van der Waals surface area (Å²) >= 11 is 1.74. The minimum absolute atomic E-state index is 0.529. The van der Waals surface area contributed by atoms with Crippen molar-refractivity contribution in [1.82, 2.24) is 20.6 Å². The fraction of sp³-hybridized carbons (Fsp3) is 0.526. The van der Waals surface area contributed by atoms with Crippen LogP contribution < -0.4 is 15.4 Å². The Morgan fingerprint density at radius 1 is 1.27 bits per heavy atom. The van der Waals surface area contributed by atoms with Crippen LogP contribution in [0.4, 0.5) is 0 Å². The van der Waals surface area contributed by atoms with Gasteiger partial charge in [-0.15, -0.1) is 11.3 Å². The molecule has 0 unspecified atom stereocenters. The van der Waals surface area contributed by atoms with Gasteiger partial charge >= 0.3 is 0 Å². The normalized spacial score (nSPS) is 11.4. The van der Waals surface area contributed by atoms with Gasteiger partial charge in [-0.25, -0.2) is 15.0 Å². The molecule has 0 bridgehead atoms. The molecule has 6 nitrogen and oxygen atoms in total. The fourth-order valence-corrected chi connectivity index (χ4v) is 3.09. The zero-order valence-corrected chi connectivity index (χ0v) is 16.7. The second kappa shape index (κ2) is 11.5. The van der Waals surface area contributed by atoms with Crippen LogP contribution in [0.15, 0.2) is 29.5 Å². The summed E-state index contributed by atoms with van der Waals surface area (Å²) in [7, 11) is 0. The van der Waals surface area contributed by atoms with Crippen LogP contribution in [-0.4, -0.2) is 35.6 Å². The summed E-state index contributed by atoms with van der Waals surface area (Å²) in [5, 5.41) is 7.78. The predicted molar refractivity (Wildman–Crippen MR) is 108 cm³/mol. The third-order valence-electron chi connectivity index (χ3n) is 3.64. The van der Waals surface area contributed by atoms with E-state index in [1.165, 1.54) is 4.88 Å². The largest absolute Gasteiger partial charge is 0.477 e. The number of aromatic nitrogens is 2. The number of nitrogens with one attached hydrogen (secondary N) is 2. The molecule has 0 spiro atoms. The summed E-state index contributed by atoms with van der Waals surface area (Å²) < 4.78 is 5.78. The molecule has 0 aliphatic heterocycles. The summed E-state index contributed by atoms with van der Waals surface area (Å²) in [6.45, 7) is 9.12. The van der Waals surface area contributed by atoms with Crippen molar-refractivity contribution in [2.75, 3.05) is 19.7 Å². The molecule has 7 heteroatoms. The fourth-order valence-electron chi connectivity index (χ4n) is 2.30. The molecular weight excluding hydrogens is 346 g/mol. The number of aliphatic imine (C=N–C) groups is 1. The van der Waals surface area contributed by atoms with E-state index in [1.807, 2.05) is 18.3 Å². The number of aryl methyl sites for hydroxylation is 1. The molecule has 2 N–H and O–H groups in total. The van der Waals surface area contributed by atoms with Crippen molar-refractivity contribution in [3.05, 3.63) is 40.0 Å². The van der Waals surface area contributed by atoms with Crippen molar-refractivity contribution in [3.63, 3.8) is 0 Å². The first kappa shape index (κ1) is 20.2. The van der Waals surface area contributed by atoms with E-state index in [0.717, 1.165) is 48.9 Å². The lowest BCUT2D eigenvalue weighted by atomic mass is 10.2. The first-order chi connectivity index (χ1) is 12.7. The Bertz CT molecular complexity index is 686. The first-order valence-corrected chi connectivity index (χ1v) is 10.0. The highest BCUT2D eigenvalue weighted by Crippen LogP contribution is 2.16. The monoisotopic (exact) mass is 375 g/mol. The van der Waals surface area contributed by atoms with Crippen molar-refractivity contribution in [2.45, 2.75) is 46.6 Å². The number of unbranched alkanes of at least 4 members (excludes halogenated alkanes) is 1. The summed E-state index contributed by atoms with van der Waals surface area (Å²) in [4.78, 5) is 14.6. The number of ether oxygens (including phenoxy) is 1. The van der Waals surface area contributed by atoms with Gasteiger partial charge in [-0.05, 0) is 26.3 Å². The van der Waals surface area contributed by atoms with Crippen molar-refractivity contribution in [1.29, 1.82) is 0 Å². The van der Waals surface area contributed by atoms with Gasteiger partial charge in [-0.1, -0.05) is 19.4 Å². The molecule has 0 aliphatic rings.